The lowest BCUT2D eigenvalue weighted by molar-refractivity contribution is 0.0998. The first-order valence-corrected chi connectivity index (χ1v) is 8.70. The van der Waals surface area contributed by atoms with Crippen LogP contribution in [0.4, 0.5) is 4.39 Å². The van der Waals surface area contributed by atoms with Gasteiger partial charge in [0.2, 0.25) is 0 Å². The largest absolute Gasteiger partial charge is 0.294 e. The summed E-state index contributed by atoms with van der Waals surface area (Å²) in [7, 11) is 0. The van der Waals surface area contributed by atoms with Crippen molar-refractivity contribution in [3.05, 3.63) is 113 Å². The normalized spacial score (nSPS) is 11.6. The van der Waals surface area contributed by atoms with Crippen LogP contribution >= 0.6 is 0 Å². The number of allylic oxidation sites excluding steroid dienone is 2. The third kappa shape index (κ3) is 4.45. The lowest BCUT2D eigenvalue weighted by Crippen LogP contribution is -2.08. The quantitative estimate of drug-likeness (QED) is 0.415. The summed E-state index contributed by atoms with van der Waals surface area (Å²) in [5.41, 5.74) is 2.99. The van der Waals surface area contributed by atoms with Crippen LogP contribution in [0, 0.1) is 5.82 Å². The van der Waals surface area contributed by atoms with E-state index >= 15 is 0 Å². The summed E-state index contributed by atoms with van der Waals surface area (Å²) in [6, 6.07) is 23.9. The average molecular weight is 358 g/mol. The molecule has 0 saturated heterocycles. The van der Waals surface area contributed by atoms with Gasteiger partial charge in [-0.25, -0.2) is 4.39 Å². The van der Waals surface area contributed by atoms with E-state index in [9.17, 15) is 14.0 Å². The highest BCUT2D eigenvalue weighted by Crippen LogP contribution is 2.26. The highest BCUT2D eigenvalue weighted by Gasteiger charge is 2.18. The average Bonchev–Trinajstić information content (AvgIpc) is 2.72. The van der Waals surface area contributed by atoms with Crippen molar-refractivity contribution >= 4 is 17.1 Å². The molecule has 0 aliphatic heterocycles. The minimum absolute atomic E-state index is 0.0549. The number of hydrogen-bond donors (Lipinski definition) is 0. The van der Waals surface area contributed by atoms with Crippen molar-refractivity contribution in [3.63, 3.8) is 0 Å². The Kier molecular flexibility index (Phi) is 5.72. The maximum absolute atomic E-state index is 13.2. The van der Waals surface area contributed by atoms with E-state index in [0.717, 1.165) is 5.56 Å². The Labute approximate surface area is 158 Å². The summed E-state index contributed by atoms with van der Waals surface area (Å²) in [5, 5.41) is 0. The van der Waals surface area contributed by atoms with Crippen molar-refractivity contribution < 1.29 is 14.0 Å². The molecule has 2 nitrogen and oxygen atoms in total. The third-order valence-corrected chi connectivity index (χ3v) is 4.46. The minimum atomic E-state index is -0.393. The Hall–Kier alpha value is -3.33. The zero-order valence-electron chi connectivity index (χ0n) is 15.0. The molecule has 3 rings (SSSR count). The predicted molar refractivity (Wildman–Crippen MR) is 105 cm³/mol. The Bertz CT molecular complexity index is 972. The number of halogens is 1. The van der Waals surface area contributed by atoms with Crippen molar-refractivity contribution in [1.82, 2.24) is 0 Å². The van der Waals surface area contributed by atoms with Gasteiger partial charge < -0.3 is 0 Å². The molecule has 0 aromatic heterocycles. The molecule has 134 valence electrons. The first kappa shape index (κ1) is 18.5. The second-order valence-electron chi connectivity index (χ2n) is 6.27. The Morgan fingerprint density at radius 2 is 1.22 bits per heavy atom. The summed E-state index contributed by atoms with van der Waals surface area (Å²) in [6.07, 6.45) is 0.118. The van der Waals surface area contributed by atoms with Crippen LogP contribution in [0.25, 0.3) is 5.57 Å². The molecule has 0 amide bonds. The molecule has 0 N–H and O–H groups in total. The van der Waals surface area contributed by atoms with Crippen molar-refractivity contribution in [2.45, 2.75) is 13.3 Å². The SMILES string of the molecule is C/C(C(=O)c1ccc(F)cc1)=C(/CC(=O)c1ccccc1)c1ccccc1. The highest BCUT2D eigenvalue weighted by atomic mass is 19.1. The van der Waals surface area contributed by atoms with Gasteiger partial charge in [-0.3, -0.25) is 9.59 Å². The number of benzene rings is 3. The molecule has 0 saturated carbocycles. The zero-order valence-corrected chi connectivity index (χ0v) is 15.0. The Morgan fingerprint density at radius 1 is 0.704 bits per heavy atom. The molecule has 3 aromatic rings. The maximum Gasteiger partial charge on any atom is 0.189 e. The molecule has 0 heterocycles. The summed E-state index contributed by atoms with van der Waals surface area (Å²) in [6.45, 7) is 1.71. The summed E-state index contributed by atoms with van der Waals surface area (Å²) < 4.78 is 13.2. The van der Waals surface area contributed by atoms with E-state index in [1.807, 2.05) is 48.5 Å². The maximum atomic E-state index is 13.2. The van der Waals surface area contributed by atoms with Crippen molar-refractivity contribution in [2.75, 3.05) is 0 Å². The molecule has 0 aliphatic carbocycles. The summed E-state index contributed by atoms with van der Waals surface area (Å²) >= 11 is 0. The van der Waals surface area contributed by atoms with Gasteiger partial charge in [0.05, 0.1) is 0 Å². The minimum Gasteiger partial charge on any atom is -0.294 e. The molecule has 0 spiro atoms. The van der Waals surface area contributed by atoms with E-state index in [2.05, 4.69) is 0 Å². The fourth-order valence-electron chi connectivity index (χ4n) is 2.93. The molecule has 0 fully saturated rings. The van der Waals surface area contributed by atoms with E-state index in [1.54, 1.807) is 19.1 Å². The number of Topliss-reactive ketones (excluding diaryl/α,β-unsaturated/α-hetero) is 2. The Balaban J connectivity index is 2.01. The fourth-order valence-corrected chi connectivity index (χ4v) is 2.93. The van der Waals surface area contributed by atoms with E-state index in [-0.39, 0.29) is 18.0 Å². The number of hydrogen-bond acceptors (Lipinski definition) is 2. The van der Waals surface area contributed by atoms with Gasteiger partial charge in [0.1, 0.15) is 5.82 Å². The number of carbonyl (C=O) groups excluding carboxylic acids is 2. The molecule has 0 atom stereocenters. The van der Waals surface area contributed by atoms with Gasteiger partial charge in [-0.15, -0.1) is 0 Å². The van der Waals surface area contributed by atoms with Crippen LogP contribution < -0.4 is 0 Å². The van der Waals surface area contributed by atoms with Gasteiger partial charge in [0.25, 0.3) is 0 Å². The first-order valence-electron chi connectivity index (χ1n) is 8.70. The molecular formula is C24H19FO2. The van der Waals surface area contributed by atoms with Gasteiger partial charge in [0, 0.05) is 23.1 Å². The molecule has 0 aliphatic rings. The second kappa shape index (κ2) is 8.37. The van der Waals surface area contributed by atoms with Gasteiger partial charge >= 0.3 is 0 Å². The second-order valence-corrected chi connectivity index (χ2v) is 6.27. The van der Waals surface area contributed by atoms with Crippen molar-refractivity contribution in [3.8, 4) is 0 Å². The zero-order chi connectivity index (χ0) is 19.2. The molecule has 0 bridgehead atoms. The predicted octanol–water partition coefficient (Wildman–Crippen LogP) is 5.76. The van der Waals surface area contributed by atoms with Crippen molar-refractivity contribution in [1.29, 1.82) is 0 Å². The van der Waals surface area contributed by atoms with E-state index in [4.69, 9.17) is 0 Å². The fraction of sp³-hybridized carbons (Fsp3) is 0.0833. The molecule has 0 unspecified atom stereocenters. The first-order chi connectivity index (χ1) is 13.1. The molecule has 3 aromatic carbocycles. The monoisotopic (exact) mass is 358 g/mol. The van der Waals surface area contributed by atoms with Crippen LogP contribution in [-0.4, -0.2) is 11.6 Å². The molecular weight excluding hydrogens is 339 g/mol. The van der Waals surface area contributed by atoms with Crippen molar-refractivity contribution in [2.24, 2.45) is 0 Å². The lowest BCUT2D eigenvalue weighted by atomic mass is 9.90. The van der Waals surface area contributed by atoms with Crippen LogP contribution in [-0.2, 0) is 0 Å². The molecule has 27 heavy (non-hydrogen) atoms. The van der Waals surface area contributed by atoms with Gasteiger partial charge in [-0.05, 0) is 42.3 Å². The summed E-state index contributed by atoms with van der Waals surface area (Å²) in [5.74, 6) is -0.661. The topological polar surface area (TPSA) is 34.1 Å². The van der Waals surface area contributed by atoms with Crippen LogP contribution in [0.5, 0.6) is 0 Å². The molecule has 0 radical (unpaired) electrons. The van der Waals surface area contributed by atoms with E-state index in [0.29, 0.717) is 22.3 Å². The van der Waals surface area contributed by atoms with Crippen LogP contribution in [0.1, 0.15) is 39.6 Å². The number of ketones is 2. The van der Waals surface area contributed by atoms with Gasteiger partial charge in [-0.1, -0.05) is 60.7 Å². The van der Waals surface area contributed by atoms with Crippen LogP contribution in [0.2, 0.25) is 0 Å². The van der Waals surface area contributed by atoms with Crippen LogP contribution in [0.3, 0.4) is 0 Å². The van der Waals surface area contributed by atoms with Crippen LogP contribution in [0.15, 0.2) is 90.5 Å². The summed E-state index contributed by atoms with van der Waals surface area (Å²) in [4.78, 5) is 25.6. The number of rotatable bonds is 6. The Morgan fingerprint density at radius 3 is 1.78 bits per heavy atom. The highest BCUT2D eigenvalue weighted by molar-refractivity contribution is 6.15. The van der Waals surface area contributed by atoms with E-state index in [1.165, 1.54) is 24.3 Å². The van der Waals surface area contributed by atoms with E-state index < -0.39 is 5.82 Å². The van der Waals surface area contributed by atoms with Gasteiger partial charge in [-0.2, -0.15) is 0 Å². The lowest BCUT2D eigenvalue weighted by Gasteiger charge is -2.12. The number of carbonyl (C=O) groups is 2. The molecule has 3 heteroatoms. The smallest absolute Gasteiger partial charge is 0.189 e. The standard InChI is InChI=1S/C24H19FO2/c1-17(24(27)20-12-14-21(25)15-13-20)22(18-8-4-2-5-9-18)16-23(26)19-10-6-3-7-11-19/h2-15H,16H2,1H3/b22-17+. The third-order valence-electron chi connectivity index (χ3n) is 4.46. The van der Waals surface area contributed by atoms with Gasteiger partial charge in [0.15, 0.2) is 11.6 Å².